The molecule has 2 heteroatoms. The van der Waals surface area contributed by atoms with Crippen LogP contribution in [0.3, 0.4) is 0 Å². The fourth-order valence-corrected chi connectivity index (χ4v) is 4.36. The van der Waals surface area contributed by atoms with Gasteiger partial charge in [-0.1, -0.05) is 46.5 Å². The van der Waals surface area contributed by atoms with Crippen LogP contribution in [0.4, 0.5) is 0 Å². The van der Waals surface area contributed by atoms with Crippen LogP contribution in [0, 0.1) is 16.7 Å². The molecule has 0 aromatic carbocycles. The van der Waals surface area contributed by atoms with E-state index in [-0.39, 0.29) is 5.41 Å². The van der Waals surface area contributed by atoms with Gasteiger partial charge < -0.3 is 10.0 Å². The molecule has 0 spiro atoms. The number of nitrogens with zero attached hydrogens (tertiary/aromatic N) is 1. The lowest BCUT2D eigenvalue weighted by Crippen LogP contribution is -2.47. The third-order valence-electron chi connectivity index (χ3n) is 6.65. The molecule has 1 aliphatic carbocycles. The van der Waals surface area contributed by atoms with Crippen LogP contribution in [0.5, 0.6) is 0 Å². The van der Waals surface area contributed by atoms with Crippen LogP contribution in [0.1, 0.15) is 72.1 Å². The summed E-state index contributed by atoms with van der Waals surface area (Å²) in [5, 5.41) is 9.93. The molecule has 1 saturated heterocycles. The SMILES string of the molecule is CCC1(CC)CCN(CC2(CO)CCC(C)CC2)CC1. The first-order chi connectivity index (χ1) is 9.57. The standard InChI is InChI=1S/C18H35NO/c1-4-17(5-2)10-12-19(13-11-17)14-18(15-20)8-6-16(3)7-9-18/h16,20H,4-15H2,1-3H3. The van der Waals surface area contributed by atoms with Gasteiger partial charge in [-0.2, -0.15) is 0 Å². The molecule has 20 heavy (non-hydrogen) atoms. The van der Waals surface area contributed by atoms with Crippen LogP contribution < -0.4 is 0 Å². The summed E-state index contributed by atoms with van der Waals surface area (Å²) in [6.45, 7) is 11.1. The minimum atomic E-state index is 0.213. The number of likely N-dealkylation sites (tertiary alicyclic amines) is 1. The first-order valence-electron chi connectivity index (χ1n) is 8.90. The zero-order chi connectivity index (χ0) is 14.6. The van der Waals surface area contributed by atoms with Crippen molar-refractivity contribution in [2.45, 2.75) is 72.1 Å². The molecule has 0 radical (unpaired) electrons. The Morgan fingerprint density at radius 3 is 1.95 bits per heavy atom. The summed E-state index contributed by atoms with van der Waals surface area (Å²) in [7, 11) is 0. The summed E-state index contributed by atoms with van der Waals surface area (Å²) in [4.78, 5) is 2.65. The Labute approximate surface area is 125 Å². The monoisotopic (exact) mass is 281 g/mol. The lowest BCUT2D eigenvalue weighted by Gasteiger charge is -2.46. The molecule has 0 bridgehead atoms. The third-order valence-corrected chi connectivity index (χ3v) is 6.65. The minimum absolute atomic E-state index is 0.213. The normalized spacial score (nSPS) is 35.1. The minimum Gasteiger partial charge on any atom is -0.396 e. The molecule has 0 amide bonds. The fraction of sp³-hybridized carbons (Fsp3) is 1.00. The van der Waals surface area contributed by atoms with Crippen molar-refractivity contribution < 1.29 is 5.11 Å². The van der Waals surface area contributed by atoms with E-state index < -0.39 is 0 Å². The number of piperidine rings is 1. The van der Waals surface area contributed by atoms with Gasteiger partial charge in [0.25, 0.3) is 0 Å². The zero-order valence-corrected chi connectivity index (χ0v) is 14.0. The number of hydrogen-bond donors (Lipinski definition) is 1. The van der Waals surface area contributed by atoms with Crippen molar-refractivity contribution in [2.75, 3.05) is 26.2 Å². The maximum Gasteiger partial charge on any atom is 0.0499 e. The van der Waals surface area contributed by atoms with Crippen molar-refractivity contribution in [3.63, 3.8) is 0 Å². The summed E-state index contributed by atoms with van der Waals surface area (Å²) in [6, 6.07) is 0. The molecule has 2 rings (SSSR count). The van der Waals surface area contributed by atoms with Crippen LogP contribution in [0.25, 0.3) is 0 Å². The van der Waals surface area contributed by atoms with Gasteiger partial charge >= 0.3 is 0 Å². The lowest BCUT2D eigenvalue weighted by atomic mass is 9.70. The van der Waals surface area contributed by atoms with Crippen LogP contribution >= 0.6 is 0 Å². The summed E-state index contributed by atoms with van der Waals surface area (Å²) in [5.41, 5.74) is 0.828. The van der Waals surface area contributed by atoms with Gasteiger partial charge in [0.05, 0.1) is 0 Å². The second kappa shape index (κ2) is 6.79. The van der Waals surface area contributed by atoms with Crippen LogP contribution in [-0.4, -0.2) is 36.2 Å². The number of hydrogen-bond acceptors (Lipinski definition) is 2. The topological polar surface area (TPSA) is 23.5 Å². The Bertz CT molecular complexity index is 280. The van der Waals surface area contributed by atoms with Crippen molar-refractivity contribution in [1.29, 1.82) is 0 Å². The van der Waals surface area contributed by atoms with Gasteiger partial charge in [-0.15, -0.1) is 0 Å². The number of aliphatic hydroxyl groups is 1. The molecule has 1 heterocycles. The fourth-order valence-electron chi connectivity index (χ4n) is 4.36. The Kier molecular flexibility index (Phi) is 5.53. The van der Waals surface area contributed by atoms with Gasteiger partial charge in [-0.05, 0) is 50.1 Å². The van der Waals surface area contributed by atoms with E-state index in [1.165, 1.54) is 64.5 Å². The van der Waals surface area contributed by atoms with Gasteiger partial charge in [-0.25, -0.2) is 0 Å². The van der Waals surface area contributed by atoms with E-state index in [9.17, 15) is 5.11 Å². The van der Waals surface area contributed by atoms with Gasteiger partial charge in [0.1, 0.15) is 0 Å². The molecule has 1 aliphatic heterocycles. The third kappa shape index (κ3) is 3.57. The summed E-state index contributed by atoms with van der Waals surface area (Å²) in [5.74, 6) is 0.865. The largest absolute Gasteiger partial charge is 0.396 e. The van der Waals surface area contributed by atoms with E-state index in [0.717, 1.165) is 12.5 Å². The summed E-state index contributed by atoms with van der Waals surface area (Å²) >= 11 is 0. The van der Waals surface area contributed by atoms with E-state index in [0.29, 0.717) is 12.0 Å². The van der Waals surface area contributed by atoms with Crippen LogP contribution in [0.15, 0.2) is 0 Å². The van der Waals surface area contributed by atoms with Crippen LogP contribution in [-0.2, 0) is 0 Å². The van der Waals surface area contributed by atoms with Gasteiger partial charge in [0, 0.05) is 18.6 Å². The highest BCUT2D eigenvalue weighted by atomic mass is 16.3. The predicted octanol–water partition coefficient (Wildman–Crippen LogP) is 4.08. The number of aliphatic hydroxyl groups excluding tert-OH is 1. The van der Waals surface area contributed by atoms with E-state index in [1.54, 1.807) is 0 Å². The highest BCUT2D eigenvalue weighted by molar-refractivity contribution is 4.90. The Balaban J connectivity index is 1.88. The Hall–Kier alpha value is -0.0800. The molecule has 2 nitrogen and oxygen atoms in total. The molecule has 0 aromatic heterocycles. The van der Waals surface area contributed by atoms with Crippen molar-refractivity contribution in [3.05, 3.63) is 0 Å². The second-order valence-electron chi connectivity index (χ2n) is 7.82. The van der Waals surface area contributed by atoms with E-state index in [2.05, 4.69) is 25.7 Å². The van der Waals surface area contributed by atoms with Gasteiger partial charge in [-0.3, -0.25) is 0 Å². The molecular formula is C18H35NO. The average molecular weight is 281 g/mol. The number of rotatable bonds is 5. The highest BCUT2D eigenvalue weighted by Crippen LogP contribution is 2.42. The van der Waals surface area contributed by atoms with Crippen molar-refractivity contribution in [2.24, 2.45) is 16.7 Å². The Morgan fingerprint density at radius 2 is 1.50 bits per heavy atom. The van der Waals surface area contributed by atoms with E-state index >= 15 is 0 Å². The molecular weight excluding hydrogens is 246 g/mol. The maximum atomic E-state index is 9.93. The molecule has 0 atom stereocenters. The average Bonchev–Trinajstić information content (AvgIpc) is 2.51. The predicted molar refractivity (Wildman–Crippen MR) is 85.8 cm³/mol. The van der Waals surface area contributed by atoms with Crippen molar-refractivity contribution in [1.82, 2.24) is 4.90 Å². The smallest absolute Gasteiger partial charge is 0.0499 e. The summed E-state index contributed by atoms with van der Waals surface area (Å²) in [6.07, 6.45) is 10.5. The quantitative estimate of drug-likeness (QED) is 0.821. The molecule has 2 aliphatic rings. The lowest BCUT2D eigenvalue weighted by molar-refractivity contribution is 0.00460. The molecule has 118 valence electrons. The molecule has 0 unspecified atom stereocenters. The molecule has 1 saturated carbocycles. The van der Waals surface area contributed by atoms with Crippen molar-refractivity contribution >= 4 is 0 Å². The Morgan fingerprint density at radius 1 is 0.950 bits per heavy atom. The molecule has 2 fully saturated rings. The second-order valence-corrected chi connectivity index (χ2v) is 7.82. The van der Waals surface area contributed by atoms with E-state index in [4.69, 9.17) is 0 Å². The van der Waals surface area contributed by atoms with Crippen LogP contribution in [0.2, 0.25) is 0 Å². The highest BCUT2D eigenvalue weighted by Gasteiger charge is 2.38. The molecule has 0 aromatic rings. The first-order valence-corrected chi connectivity index (χ1v) is 8.90. The zero-order valence-electron chi connectivity index (χ0n) is 14.0. The van der Waals surface area contributed by atoms with Gasteiger partial charge in [0.2, 0.25) is 0 Å². The van der Waals surface area contributed by atoms with Gasteiger partial charge in [0.15, 0.2) is 0 Å². The van der Waals surface area contributed by atoms with E-state index in [1.807, 2.05) is 0 Å². The van der Waals surface area contributed by atoms with Crippen molar-refractivity contribution in [3.8, 4) is 0 Å². The summed E-state index contributed by atoms with van der Waals surface area (Å²) < 4.78 is 0. The maximum absolute atomic E-state index is 9.93. The first kappa shape index (κ1) is 16.3. The molecule has 1 N–H and O–H groups in total.